The van der Waals surface area contributed by atoms with Crippen molar-refractivity contribution >= 4 is 5.82 Å². The van der Waals surface area contributed by atoms with Crippen LogP contribution in [0.5, 0.6) is 0 Å². The summed E-state index contributed by atoms with van der Waals surface area (Å²) in [6.07, 6.45) is 0. The standard InChI is InChI=1S/C13H24N6/c1-10-7-11(17-14)16-12(15-10)8-19-6-5-18(4)13(2,3)9-19/h7H,5-6,8-9,14H2,1-4H3,(H,15,16,17). The zero-order chi connectivity index (χ0) is 14.0. The van der Waals surface area contributed by atoms with Crippen molar-refractivity contribution in [3.05, 3.63) is 17.6 Å². The van der Waals surface area contributed by atoms with Gasteiger partial charge in [-0.05, 0) is 27.8 Å². The molecule has 1 fully saturated rings. The van der Waals surface area contributed by atoms with E-state index in [1.54, 1.807) is 0 Å². The molecule has 1 aromatic rings. The van der Waals surface area contributed by atoms with E-state index in [0.717, 1.165) is 37.7 Å². The second kappa shape index (κ2) is 5.40. The minimum atomic E-state index is 0.191. The van der Waals surface area contributed by atoms with Crippen molar-refractivity contribution in [2.24, 2.45) is 5.84 Å². The first-order valence-electron chi connectivity index (χ1n) is 6.65. The third-order valence-corrected chi connectivity index (χ3v) is 3.81. The summed E-state index contributed by atoms with van der Waals surface area (Å²) >= 11 is 0. The molecule has 0 atom stereocenters. The number of nitrogens with zero attached hydrogens (tertiary/aromatic N) is 4. The number of anilines is 1. The summed E-state index contributed by atoms with van der Waals surface area (Å²) in [7, 11) is 2.18. The van der Waals surface area contributed by atoms with Crippen LogP contribution in [0.25, 0.3) is 0 Å². The highest BCUT2D eigenvalue weighted by molar-refractivity contribution is 5.33. The van der Waals surface area contributed by atoms with Crippen LogP contribution >= 0.6 is 0 Å². The number of aryl methyl sites for hydroxylation is 1. The van der Waals surface area contributed by atoms with E-state index in [4.69, 9.17) is 5.84 Å². The highest BCUT2D eigenvalue weighted by atomic mass is 15.3. The molecule has 0 bridgehead atoms. The van der Waals surface area contributed by atoms with Gasteiger partial charge in [0, 0.05) is 36.9 Å². The van der Waals surface area contributed by atoms with Gasteiger partial charge in [-0.1, -0.05) is 0 Å². The summed E-state index contributed by atoms with van der Waals surface area (Å²) in [5.74, 6) is 6.93. The molecule has 6 nitrogen and oxygen atoms in total. The lowest BCUT2D eigenvalue weighted by molar-refractivity contribution is 0.0347. The van der Waals surface area contributed by atoms with E-state index in [1.165, 1.54) is 0 Å². The normalized spacial score (nSPS) is 20.5. The molecule has 1 saturated heterocycles. The molecule has 0 radical (unpaired) electrons. The first kappa shape index (κ1) is 14.2. The van der Waals surface area contributed by atoms with Crippen LogP contribution in [-0.2, 0) is 6.54 Å². The SMILES string of the molecule is Cc1cc(NN)nc(CN2CCN(C)C(C)(C)C2)n1. The predicted octanol–water partition coefficient (Wildman–Crippen LogP) is 0.597. The largest absolute Gasteiger partial charge is 0.308 e. The summed E-state index contributed by atoms with van der Waals surface area (Å²) in [6, 6.07) is 1.84. The summed E-state index contributed by atoms with van der Waals surface area (Å²) < 4.78 is 0. The minimum Gasteiger partial charge on any atom is -0.308 e. The number of nitrogens with one attached hydrogen (secondary N) is 1. The number of likely N-dealkylation sites (N-methyl/N-ethyl adjacent to an activating group) is 1. The molecule has 1 aromatic heterocycles. The molecule has 1 aliphatic heterocycles. The van der Waals surface area contributed by atoms with Gasteiger partial charge in [-0.2, -0.15) is 0 Å². The number of rotatable bonds is 3. The zero-order valence-electron chi connectivity index (χ0n) is 12.3. The third kappa shape index (κ3) is 3.40. The van der Waals surface area contributed by atoms with Crippen LogP contribution in [0.1, 0.15) is 25.4 Å². The van der Waals surface area contributed by atoms with Crippen LogP contribution in [-0.4, -0.2) is 52.0 Å². The monoisotopic (exact) mass is 264 g/mol. The number of hydrogen-bond donors (Lipinski definition) is 2. The molecule has 0 aliphatic carbocycles. The topological polar surface area (TPSA) is 70.3 Å². The van der Waals surface area contributed by atoms with Crippen molar-refractivity contribution in [2.45, 2.75) is 32.9 Å². The molecule has 2 rings (SSSR count). The van der Waals surface area contributed by atoms with E-state index in [-0.39, 0.29) is 5.54 Å². The van der Waals surface area contributed by atoms with Gasteiger partial charge in [0.15, 0.2) is 0 Å². The molecule has 2 heterocycles. The van der Waals surface area contributed by atoms with Gasteiger partial charge in [-0.3, -0.25) is 9.80 Å². The van der Waals surface area contributed by atoms with E-state index in [2.05, 4.69) is 46.1 Å². The van der Waals surface area contributed by atoms with E-state index < -0.39 is 0 Å². The van der Waals surface area contributed by atoms with Gasteiger partial charge in [-0.15, -0.1) is 0 Å². The molecular weight excluding hydrogens is 240 g/mol. The van der Waals surface area contributed by atoms with Gasteiger partial charge >= 0.3 is 0 Å². The van der Waals surface area contributed by atoms with Crippen LogP contribution < -0.4 is 11.3 Å². The van der Waals surface area contributed by atoms with E-state index >= 15 is 0 Å². The number of hydrazine groups is 1. The van der Waals surface area contributed by atoms with Crippen molar-refractivity contribution < 1.29 is 0 Å². The first-order valence-corrected chi connectivity index (χ1v) is 6.65. The van der Waals surface area contributed by atoms with Crippen LogP contribution in [0.4, 0.5) is 5.82 Å². The van der Waals surface area contributed by atoms with Crippen molar-refractivity contribution in [1.82, 2.24) is 19.8 Å². The van der Waals surface area contributed by atoms with Crippen LogP contribution in [0, 0.1) is 6.92 Å². The Labute approximate surface area is 115 Å². The number of nitrogen functional groups attached to an aromatic ring is 1. The number of piperazine rings is 1. The molecule has 6 heteroatoms. The van der Waals surface area contributed by atoms with Crippen molar-refractivity contribution in [2.75, 3.05) is 32.1 Å². The highest BCUT2D eigenvalue weighted by Crippen LogP contribution is 2.20. The lowest BCUT2D eigenvalue weighted by Crippen LogP contribution is -2.57. The van der Waals surface area contributed by atoms with Gasteiger partial charge in [0.2, 0.25) is 0 Å². The second-order valence-electron chi connectivity index (χ2n) is 5.90. The van der Waals surface area contributed by atoms with Gasteiger partial charge in [0.25, 0.3) is 0 Å². The molecule has 0 unspecified atom stereocenters. The number of hydrogen-bond acceptors (Lipinski definition) is 6. The van der Waals surface area contributed by atoms with Gasteiger partial charge in [0.1, 0.15) is 11.6 Å². The van der Waals surface area contributed by atoms with Crippen LogP contribution in [0.15, 0.2) is 6.07 Å². The Balaban J connectivity index is 2.07. The Kier molecular flexibility index (Phi) is 4.03. The van der Waals surface area contributed by atoms with E-state index in [0.29, 0.717) is 5.82 Å². The molecule has 0 aromatic carbocycles. The molecule has 3 N–H and O–H groups in total. The average Bonchev–Trinajstić information content (AvgIpc) is 2.32. The van der Waals surface area contributed by atoms with E-state index in [1.807, 2.05) is 13.0 Å². The zero-order valence-corrected chi connectivity index (χ0v) is 12.3. The summed E-state index contributed by atoms with van der Waals surface area (Å²) in [5.41, 5.74) is 3.72. The molecule has 1 aliphatic rings. The lowest BCUT2D eigenvalue weighted by atomic mass is 10.00. The Bertz CT molecular complexity index is 445. The molecule has 106 valence electrons. The fourth-order valence-corrected chi connectivity index (χ4v) is 2.45. The van der Waals surface area contributed by atoms with Crippen LogP contribution in [0.3, 0.4) is 0 Å². The number of aromatic nitrogens is 2. The lowest BCUT2D eigenvalue weighted by Gasteiger charge is -2.45. The highest BCUT2D eigenvalue weighted by Gasteiger charge is 2.31. The van der Waals surface area contributed by atoms with Gasteiger partial charge in [-0.25, -0.2) is 15.8 Å². The summed E-state index contributed by atoms with van der Waals surface area (Å²) in [4.78, 5) is 13.7. The quantitative estimate of drug-likeness (QED) is 0.615. The molecule has 19 heavy (non-hydrogen) atoms. The summed E-state index contributed by atoms with van der Waals surface area (Å²) in [5, 5.41) is 0. The Morgan fingerprint density at radius 2 is 2.11 bits per heavy atom. The first-order chi connectivity index (χ1) is 8.90. The van der Waals surface area contributed by atoms with Crippen LogP contribution in [0.2, 0.25) is 0 Å². The fraction of sp³-hybridized carbons (Fsp3) is 0.692. The second-order valence-corrected chi connectivity index (χ2v) is 5.90. The maximum Gasteiger partial charge on any atom is 0.145 e. The molecule has 0 amide bonds. The fourth-order valence-electron chi connectivity index (χ4n) is 2.45. The van der Waals surface area contributed by atoms with Gasteiger partial charge < -0.3 is 5.43 Å². The Morgan fingerprint density at radius 1 is 1.37 bits per heavy atom. The average molecular weight is 264 g/mol. The maximum atomic E-state index is 5.42. The third-order valence-electron chi connectivity index (χ3n) is 3.81. The van der Waals surface area contributed by atoms with Gasteiger partial charge in [0.05, 0.1) is 6.54 Å². The van der Waals surface area contributed by atoms with Crippen molar-refractivity contribution in [3.63, 3.8) is 0 Å². The van der Waals surface area contributed by atoms with E-state index in [9.17, 15) is 0 Å². The molecule has 0 saturated carbocycles. The molecular formula is C13H24N6. The smallest absolute Gasteiger partial charge is 0.145 e. The number of nitrogens with two attached hydrogens (primary N) is 1. The maximum absolute atomic E-state index is 5.42. The molecule has 0 spiro atoms. The Hall–Kier alpha value is -1.24. The van der Waals surface area contributed by atoms with Crippen molar-refractivity contribution in [1.29, 1.82) is 0 Å². The predicted molar refractivity (Wildman–Crippen MR) is 76.6 cm³/mol. The minimum absolute atomic E-state index is 0.191. The van der Waals surface area contributed by atoms with Crippen molar-refractivity contribution in [3.8, 4) is 0 Å². The Morgan fingerprint density at radius 3 is 2.74 bits per heavy atom. The summed E-state index contributed by atoms with van der Waals surface area (Å²) in [6.45, 7) is 10.4.